The quantitative estimate of drug-likeness (QED) is 0.159. The molecule has 2 heteroatoms. The van der Waals surface area contributed by atoms with Gasteiger partial charge >= 0.3 is 0 Å². The molecule has 0 unspecified atom stereocenters. The average Bonchev–Trinajstić information content (AvgIpc) is 3.50. The zero-order valence-electron chi connectivity index (χ0n) is 32.0. The van der Waals surface area contributed by atoms with Crippen molar-refractivity contribution in [2.24, 2.45) is 4.99 Å². The molecule has 0 bridgehead atoms. The van der Waals surface area contributed by atoms with Crippen molar-refractivity contribution >= 4 is 49.9 Å². The Morgan fingerprint density at radius 3 is 1.95 bits per heavy atom. The largest absolute Gasteiger partial charge is 0.300 e. The van der Waals surface area contributed by atoms with E-state index in [0.29, 0.717) is 5.71 Å². The van der Waals surface area contributed by atoms with Gasteiger partial charge in [0, 0.05) is 22.8 Å². The molecule has 0 aliphatic heterocycles. The molecular formula is C55H40N2. The molecule has 0 saturated heterocycles. The van der Waals surface area contributed by atoms with Crippen LogP contribution >= 0.6 is 0 Å². The monoisotopic (exact) mass is 728 g/mol. The first kappa shape index (κ1) is 34.3. The van der Waals surface area contributed by atoms with Crippen LogP contribution in [-0.2, 0) is 5.41 Å². The first-order valence-corrected chi connectivity index (χ1v) is 19.6. The Bertz CT molecular complexity index is 3100. The normalized spacial score (nSPS) is 13.3. The number of benzene rings is 9. The van der Waals surface area contributed by atoms with Gasteiger partial charge in [-0.25, -0.2) is 0 Å². The van der Waals surface area contributed by atoms with Crippen LogP contribution in [0.1, 0.15) is 41.7 Å². The van der Waals surface area contributed by atoms with E-state index in [9.17, 15) is 0 Å². The molecule has 2 nitrogen and oxygen atoms in total. The summed E-state index contributed by atoms with van der Waals surface area (Å²) in [5.74, 6) is 0. The summed E-state index contributed by atoms with van der Waals surface area (Å²) in [6.07, 6.45) is 3.85. The van der Waals surface area contributed by atoms with Crippen LogP contribution in [-0.4, -0.2) is 11.9 Å². The van der Waals surface area contributed by atoms with Gasteiger partial charge in [0.2, 0.25) is 0 Å². The maximum absolute atomic E-state index is 9.00. The van der Waals surface area contributed by atoms with Crippen LogP contribution in [0.15, 0.2) is 199 Å². The molecule has 57 heavy (non-hydrogen) atoms. The second-order valence-corrected chi connectivity index (χ2v) is 15.5. The van der Waals surface area contributed by atoms with Gasteiger partial charge in [0.05, 0.1) is 11.4 Å². The maximum atomic E-state index is 9.00. The SMILES string of the molecule is CC1(C)c2ccc(-c3cccc(-c4ccc(C=N/C(=C\C(=N)c5ccccc5)c5cccc6ccccc56)c5ccccc45)c3)cc2-c2c1ccc1ccccc21. The van der Waals surface area contributed by atoms with Gasteiger partial charge in [0.25, 0.3) is 0 Å². The zero-order valence-corrected chi connectivity index (χ0v) is 32.0. The highest BCUT2D eigenvalue weighted by molar-refractivity contribution is 6.13. The molecule has 0 radical (unpaired) electrons. The second kappa shape index (κ2) is 13.8. The van der Waals surface area contributed by atoms with E-state index in [0.717, 1.165) is 38.5 Å². The highest BCUT2D eigenvalue weighted by Gasteiger charge is 2.36. The Hall–Kier alpha value is -7.16. The van der Waals surface area contributed by atoms with Crippen molar-refractivity contribution in [2.75, 3.05) is 0 Å². The minimum atomic E-state index is -0.0614. The van der Waals surface area contributed by atoms with Crippen LogP contribution < -0.4 is 0 Å². The molecule has 1 aliphatic rings. The van der Waals surface area contributed by atoms with E-state index >= 15 is 0 Å². The van der Waals surface area contributed by atoms with Gasteiger partial charge in [-0.1, -0.05) is 190 Å². The molecule has 9 aromatic rings. The average molecular weight is 729 g/mol. The fourth-order valence-corrected chi connectivity index (χ4v) is 8.87. The van der Waals surface area contributed by atoms with E-state index in [1.165, 1.54) is 60.7 Å². The molecule has 0 atom stereocenters. The van der Waals surface area contributed by atoms with Crippen molar-refractivity contribution < 1.29 is 0 Å². The molecule has 0 aromatic heterocycles. The van der Waals surface area contributed by atoms with Crippen LogP contribution in [0, 0.1) is 5.41 Å². The first-order valence-electron chi connectivity index (χ1n) is 19.6. The van der Waals surface area contributed by atoms with E-state index in [-0.39, 0.29) is 5.41 Å². The Kier molecular flexibility index (Phi) is 8.34. The summed E-state index contributed by atoms with van der Waals surface area (Å²) < 4.78 is 0. The predicted octanol–water partition coefficient (Wildman–Crippen LogP) is 14.3. The first-order chi connectivity index (χ1) is 27.9. The Morgan fingerprint density at radius 2 is 1.12 bits per heavy atom. The van der Waals surface area contributed by atoms with Crippen LogP contribution in [0.2, 0.25) is 0 Å². The topological polar surface area (TPSA) is 36.2 Å². The molecule has 1 aliphatic carbocycles. The number of allylic oxidation sites excluding steroid dienone is 1. The van der Waals surface area contributed by atoms with Crippen molar-refractivity contribution in [1.29, 1.82) is 5.41 Å². The molecule has 10 rings (SSSR count). The third kappa shape index (κ3) is 5.98. The molecule has 0 amide bonds. The molecule has 270 valence electrons. The lowest BCUT2D eigenvalue weighted by molar-refractivity contribution is 0.661. The molecule has 0 heterocycles. The number of hydrogen-bond donors (Lipinski definition) is 1. The fraction of sp³-hybridized carbons (Fsp3) is 0.0545. The number of nitrogens with one attached hydrogen (secondary N) is 1. The summed E-state index contributed by atoms with van der Waals surface area (Å²) in [5.41, 5.74) is 14.2. The van der Waals surface area contributed by atoms with Gasteiger partial charge < -0.3 is 5.41 Å². The van der Waals surface area contributed by atoms with E-state index < -0.39 is 0 Å². The van der Waals surface area contributed by atoms with Crippen LogP contribution in [0.5, 0.6) is 0 Å². The second-order valence-electron chi connectivity index (χ2n) is 15.5. The van der Waals surface area contributed by atoms with Gasteiger partial charge in [-0.2, -0.15) is 0 Å². The van der Waals surface area contributed by atoms with Crippen molar-refractivity contribution in [3.63, 3.8) is 0 Å². The smallest absolute Gasteiger partial charge is 0.0729 e. The van der Waals surface area contributed by atoms with Crippen LogP contribution in [0.4, 0.5) is 0 Å². The van der Waals surface area contributed by atoms with Crippen molar-refractivity contribution in [3.8, 4) is 33.4 Å². The lowest BCUT2D eigenvalue weighted by Gasteiger charge is -2.21. The molecule has 9 aromatic carbocycles. The molecule has 0 saturated carbocycles. The molecular weight excluding hydrogens is 689 g/mol. The zero-order chi connectivity index (χ0) is 38.5. The summed E-state index contributed by atoms with van der Waals surface area (Å²) in [5, 5.41) is 16.1. The summed E-state index contributed by atoms with van der Waals surface area (Å²) in [7, 11) is 0. The van der Waals surface area contributed by atoms with E-state index in [1.54, 1.807) is 0 Å². The van der Waals surface area contributed by atoms with Crippen molar-refractivity contribution in [1.82, 2.24) is 0 Å². The summed E-state index contributed by atoms with van der Waals surface area (Å²) >= 11 is 0. The van der Waals surface area contributed by atoms with E-state index in [4.69, 9.17) is 10.4 Å². The van der Waals surface area contributed by atoms with Gasteiger partial charge in [-0.15, -0.1) is 0 Å². The van der Waals surface area contributed by atoms with Crippen LogP contribution in [0.3, 0.4) is 0 Å². The number of nitrogens with zero attached hydrogens (tertiary/aromatic N) is 1. The summed E-state index contributed by atoms with van der Waals surface area (Å²) in [6, 6.07) is 66.9. The molecule has 1 N–H and O–H groups in total. The van der Waals surface area contributed by atoms with E-state index in [2.05, 4.69) is 172 Å². The highest BCUT2D eigenvalue weighted by atomic mass is 14.7. The highest BCUT2D eigenvalue weighted by Crippen LogP contribution is 2.52. The van der Waals surface area contributed by atoms with E-state index in [1.807, 2.05) is 42.6 Å². The number of rotatable bonds is 7. The van der Waals surface area contributed by atoms with Crippen molar-refractivity contribution in [2.45, 2.75) is 19.3 Å². The Balaban J connectivity index is 1.04. The summed E-state index contributed by atoms with van der Waals surface area (Å²) in [4.78, 5) is 5.16. The standard InChI is InChI=1S/C55H40N2/c1-55(2)50-30-28-40(33-49(50)54-46-23-9-7-15-37(46)27-31-51(54)55)39-19-12-20-41(32-39)45-29-26-42(44-22-10-11-24-47(44)45)35-57-53(34-52(56)38-16-4-3-5-17-38)48-25-13-18-36-14-6-8-21-43(36)48/h3-35,56H,1-2H3/b53-34-,56-52?,57-35?. The van der Waals surface area contributed by atoms with Crippen LogP contribution in [0.25, 0.3) is 71.4 Å². The lowest BCUT2D eigenvalue weighted by atomic mass is 9.82. The van der Waals surface area contributed by atoms with Crippen molar-refractivity contribution in [3.05, 3.63) is 222 Å². The maximum Gasteiger partial charge on any atom is 0.0729 e. The number of hydrogen-bond acceptors (Lipinski definition) is 2. The number of fused-ring (bicyclic) bond motifs is 7. The number of aliphatic imine (C=N–C) groups is 1. The third-order valence-electron chi connectivity index (χ3n) is 11.8. The Morgan fingerprint density at radius 1 is 0.491 bits per heavy atom. The summed E-state index contributed by atoms with van der Waals surface area (Å²) in [6.45, 7) is 4.70. The molecule has 0 fully saturated rings. The molecule has 0 spiro atoms. The van der Waals surface area contributed by atoms with Gasteiger partial charge in [-0.3, -0.25) is 4.99 Å². The third-order valence-corrected chi connectivity index (χ3v) is 11.8. The van der Waals surface area contributed by atoms with Gasteiger partial charge in [-0.05, 0) is 101 Å². The minimum Gasteiger partial charge on any atom is -0.300 e. The lowest BCUT2D eigenvalue weighted by Crippen LogP contribution is -2.14. The fourth-order valence-electron chi connectivity index (χ4n) is 8.87. The Labute approximate surface area is 333 Å². The predicted molar refractivity (Wildman–Crippen MR) is 243 cm³/mol. The minimum absolute atomic E-state index is 0.0614. The van der Waals surface area contributed by atoms with Gasteiger partial charge in [0.1, 0.15) is 0 Å². The van der Waals surface area contributed by atoms with Gasteiger partial charge in [0.15, 0.2) is 0 Å².